The van der Waals surface area contributed by atoms with Gasteiger partial charge in [-0.05, 0) is 40.0 Å². The summed E-state index contributed by atoms with van der Waals surface area (Å²) in [4.78, 5) is 0. The standard InChI is InChI=1S/C13H27NO2/c1-5-13(3,4)16-11(2)9-14-10-12-7-6-8-15-12/h11-12,14H,5-10H2,1-4H3. The Bertz CT molecular complexity index is 188. The van der Waals surface area contributed by atoms with Crippen LogP contribution in [0.25, 0.3) is 0 Å². The summed E-state index contributed by atoms with van der Waals surface area (Å²) in [5, 5.41) is 3.42. The molecule has 0 aromatic rings. The maximum absolute atomic E-state index is 5.95. The number of hydrogen-bond donors (Lipinski definition) is 1. The van der Waals surface area contributed by atoms with Gasteiger partial charge in [-0.15, -0.1) is 0 Å². The Kier molecular flexibility index (Phi) is 5.73. The van der Waals surface area contributed by atoms with E-state index >= 15 is 0 Å². The van der Waals surface area contributed by atoms with Crippen LogP contribution in [0, 0.1) is 0 Å². The zero-order chi connectivity index (χ0) is 12.0. The number of hydrogen-bond acceptors (Lipinski definition) is 3. The van der Waals surface area contributed by atoms with Gasteiger partial charge < -0.3 is 14.8 Å². The van der Waals surface area contributed by atoms with Crippen LogP contribution in [0.2, 0.25) is 0 Å². The van der Waals surface area contributed by atoms with Crippen molar-refractivity contribution in [1.29, 1.82) is 0 Å². The first kappa shape index (κ1) is 13.9. The van der Waals surface area contributed by atoms with Crippen LogP contribution in [0.3, 0.4) is 0 Å². The van der Waals surface area contributed by atoms with Gasteiger partial charge in [-0.2, -0.15) is 0 Å². The highest BCUT2D eigenvalue weighted by molar-refractivity contribution is 4.71. The summed E-state index contributed by atoms with van der Waals surface area (Å²) in [6.45, 7) is 11.4. The van der Waals surface area contributed by atoms with Gasteiger partial charge in [0.25, 0.3) is 0 Å². The van der Waals surface area contributed by atoms with Crippen molar-refractivity contribution in [2.45, 2.75) is 64.8 Å². The van der Waals surface area contributed by atoms with Crippen molar-refractivity contribution in [2.75, 3.05) is 19.7 Å². The second-order valence-corrected chi connectivity index (χ2v) is 5.33. The average Bonchev–Trinajstić information content (AvgIpc) is 2.70. The second kappa shape index (κ2) is 6.58. The van der Waals surface area contributed by atoms with E-state index in [2.05, 4.69) is 33.0 Å². The highest BCUT2D eigenvalue weighted by Crippen LogP contribution is 2.16. The maximum atomic E-state index is 5.95. The molecule has 2 unspecified atom stereocenters. The Balaban J connectivity index is 2.07. The molecule has 0 bridgehead atoms. The van der Waals surface area contributed by atoms with Gasteiger partial charge >= 0.3 is 0 Å². The molecule has 1 saturated heterocycles. The first-order valence-corrected chi connectivity index (χ1v) is 6.53. The molecule has 3 heteroatoms. The number of nitrogens with one attached hydrogen (secondary N) is 1. The molecular formula is C13H27NO2. The summed E-state index contributed by atoms with van der Waals surface area (Å²) in [7, 11) is 0. The lowest BCUT2D eigenvalue weighted by Gasteiger charge is -2.28. The van der Waals surface area contributed by atoms with Crippen molar-refractivity contribution in [2.24, 2.45) is 0 Å². The minimum atomic E-state index is -0.00897. The van der Waals surface area contributed by atoms with Gasteiger partial charge in [-0.1, -0.05) is 6.92 Å². The molecule has 0 spiro atoms. The molecule has 1 aliphatic heterocycles. The third-order valence-corrected chi connectivity index (χ3v) is 3.20. The van der Waals surface area contributed by atoms with Crippen LogP contribution in [-0.2, 0) is 9.47 Å². The molecule has 0 radical (unpaired) electrons. The summed E-state index contributed by atoms with van der Waals surface area (Å²) >= 11 is 0. The fourth-order valence-corrected chi connectivity index (χ4v) is 1.92. The van der Waals surface area contributed by atoms with E-state index in [0.29, 0.717) is 6.10 Å². The van der Waals surface area contributed by atoms with E-state index in [1.165, 1.54) is 12.8 Å². The molecule has 1 N–H and O–H groups in total. The van der Waals surface area contributed by atoms with Gasteiger partial charge in [0.05, 0.1) is 17.8 Å². The molecule has 2 atom stereocenters. The van der Waals surface area contributed by atoms with Gasteiger partial charge in [0.15, 0.2) is 0 Å². The van der Waals surface area contributed by atoms with Crippen molar-refractivity contribution in [3.05, 3.63) is 0 Å². The number of ether oxygens (including phenoxy) is 2. The van der Waals surface area contributed by atoms with Crippen molar-refractivity contribution >= 4 is 0 Å². The van der Waals surface area contributed by atoms with Gasteiger partial charge in [-0.25, -0.2) is 0 Å². The highest BCUT2D eigenvalue weighted by Gasteiger charge is 2.19. The van der Waals surface area contributed by atoms with Crippen LogP contribution in [-0.4, -0.2) is 37.5 Å². The largest absolute Gasteiger partial charge is 0.377 e. The minimum Gasteiger partial charge on any atom is -0.377 e. The monoisotopic (exact) mass is 229 g/mol. The van der Waals surface area contributed by atoms with Crippen molar-refractivity contribution in [3.8, 4) is 0 Å². The molecule has 0 amide bonds. The summed E-state index contributed by atoms with van der Waals surface area (Å²) in [6.07, 6.45) is 4.13. The molecule has 1 fully saturated rings. The number of rotatable bonds is 7. The second-order valence-electron chi connectivity index (χ2n) is 5.33. The molecule has 0 aromatic carbocycles. The molecule has 96 valence electrons. The molecular weight excluding hydrogens is 202 g/mol. The van der Waals surface area contributed by atoms with E-state index in [4.69, 9.17) is 9.47 Å². The van der Waals surface area contributed by atoms with Gasteiger partial charge in [0.1, 0.15) is 0 Å². The van der Waals surface area contributed by atoms with Crippen LogP contribution in [0.15, 0.2) is 0 Å². The smallest absolute Gasteiger partial charge is 0.0700 e. The Labute approximate surface area is 99.9 Å². The van der Waals surface area contributed by atoms with Gasteiger partial charge in [-0.3, -0.25) is 0 Å². The van der Waals surface area contributed by atoms with Crippen LogP contribution >= 0.6 is 0 Å². The molecule has 1 aliphatic rings. The van der Waals surface area contributed by atoms with E-state index in [1.807, 2.05) is 0 Å². The summed E-state index contributed by atoms with van der Waals surface area (Å²) in [5.41, 5.74) is -0.00897. The third kappa shape index (κ3) is 5.28. The summed E-state index contributed by atoms with van der Waals surface area (Å²) in [5.74, 6) is 0. The lowest BCUT2D eigenvalue weighted by Crippen LogP contribution is -2.37. The molecule has 1 rings (SSSR count). The Morgan fingerprint density at radius 2 is 2.25 bits per heavy atom. The molecule has 16 heavy (non-hydrogen) atoms. The van der Waals surface area contributed by atoms with Gasteiger partial charge in [0.2, 0.25) is 0 Å². The fraction of sp³-hybridized carbons (Fsp3) is 1.00. The fourth-order valence-electron chi connectivity index (χ4n) is 1.92. The van der Waals surface area contributed by atoms with Crippen LogP contribution in [0.1, 0.15) is 47.0 Å². The minimum absolute atomic E-state index is 0.00897. The Hall–Kier alpha value is -0.120. The van der Waals surface area contributed by atoms with E-state index in [1.54, 1.807) is 0 Å². The van der Waals surface area contributed by atoms with E-state index in [0.717, 1.165) is 26.1 Å². The first-order valence-electron chi connectivity index (χ1n) is 6.53. The maximum Gasteiger partial charge on any atom is 0.0700 e. The predicted molar refractivity (Wildman–Crippen MR) is 66.8 cm³/mol. The zero-order valence-corrected chi connectivity index (χ0v) is 11.2. The average molecular weight is 229 g/mol. The van der Waals surface area contributed by atoms with Crippen molar-refractivity contribution in [3.63, 3.8) is 0 Å². The lowest BCUT2D eigenvalue weighted by atomic mass is 10.1. The van der Waals surface area contributed by atoms with Crippen molar-refractivity contribution in [1.82, 2.24) is 5.32 Å². The van der Waals surface area contributed by atoms with E-state index < -0.39 is 0 Å². The topological polar surface area (TPSA) is 30.5 Å². The molecule has 0 saturated carbocycles. The van der Waals surface area contributed by atoms with Crippen LogP contribution < -0.4 is 5.32 Å². The SMILES string of the molecule is CCC(C)(C)OC(C)CNCC1CCCO1. The molecule has 1 heterocycles. The van der Waals surface area contributed by atoms with Crippen LogP contribution in [0.5, 0.6) is 0 Å². The Morgan fingerprint density at radius 1 is 1.50 bits per heavy atom. The molecule has 0 aliphatic carbocycles. The Morgan fingerprint density at radius 3 is 2.81 bits per heavy atom. The van der Waals surface area contributed by atoms with E-state index in [9.17, 15) is 0 Å². The van der Waals surface area contributed by atoms with Crippen LogP contribution in [0.4, 0.5) is 0 Å². The quantitative estimate of drug-likeness (QED) is 0.727. The lowest BCUT2D eigenvalue weighted by molar-refractivity contribution is -0.0647. The summed E-state index contributed by atoms with van der Waals surface area (Å²) < 4.78 is 11.5. The highest BCUT2D eigenvalue weighted by atomic mass is 16.5. The molecule has 3 nitrogen and oxygen atoms in total. The predicted octanol–water partition coefficient (Wildman–Crippen LogP) is 2.35. The normalized spacial score (nSPS) is 23.6. The zero-order valence-electron chi connectivity index (χ0n) is 11.2. The first-order chi connectivity index (χ1) is 7.53. The summed E-state index contributed by atoms with van der Waals surface area (Å²) in [6, 6.07) is 0. The van der Waals surface area contributed by atoms with Crippen molar-refractivity contribution < 1.29 is 9.47 Å². The van der Waals surface area contributed by atoms with Gasteiger partial charge in [0, 0.05) is 19.7 Å². The van der Waals surface area contributed by atoms with E-state index in [-0.39, 0.29) is 11.7 Å². The molecule has 0 aromatic heterocycles. The third-order valence-electron chi connectivity index (χ3n) is 3.20.